The van der Waals surface area contributed by atoms with Crippen LogP contribution in [0.15, 0.2) is 36.9 Å². The molecule has 0 fully saturated rings. The van der Waals surface area contributed by atoms with E-state index in [0.29, 0.717) is 0 Å². The predicted molar refractivity (Wildman–Crippen MR) is 81.5 cm³/mol. The summed E-state index contributed by atoms with van der Waals surface area (Å²) in [6, 6.07) is 8.01. The van der Waals surface area contributed by atoms with Gasteiger partial charge in [-0.1, -0.05) is 32.1 Å². The molecule has 1 aromatic rings. The first-order chi connectivity index (χ1) is 9.09. The molecular weight excluding hydrogens is 236 g/mol. The van der Waals surface area contributed by atoms with E-state index < -0.39 is 5.54 Å². The van der Waals surface area contributed by atoms with E-state index in [1.807, 2.05) is 24.3 Å². The first-order valence-corrected chi connectivity index (χ1v) is 6.86. The smallest absolute Gasteiger partial charge is 0.119 e. The number of nitrogens with zero attached hydrogens (tertiary/aromatic N) is 1. The summed E-state index contributed by atoms with van der Waals surface area (Å²) >= 11 is 0. The minimum Gasteiger partial charge on any atom is -0.497 e. The number of rotatable bonds is 8. The van der Waals surface area contributed by atoms with Crippen molar-refractivity contribution in [2.24, 2.45) is 5.73 Å². The first kappa shape index (κ1) is 15.7. The highest BCUT2D eigenvalue weighted by Crippen LogP contribution is 2.27. The van der Waals surface area contributed by atoms with Crippen LogP contribution in [0.1, 0.15) is 25.8 Å². The molecule has 1 rings (SSSR count). The molecule has 2 N–H and O–H groups in total. The molecule has 1 atom stereocenters. The highest BCUT2D eigenvalue weighted by Gasteiger charge is 2.28. The molecule has 0 aromatic heterocycles. The minimum atomic E-state index is -0.414. The van der Waals surface area contributed by atoms with Crippen molar-refractivity contribution >= 4 is 0 Å². The Kier molecular flexibility index (Phi) is 6.06. The zero-order valence-corrected chi connectivity index (χ0v) is 12.4. The summed E-state index contributed by atoms with van der Waals surface area (Å²) in [6.07, 6.45) is 2.64. The van der Waals surface area contributed by atoms with E-state index in [-0.39, 0.29) is 0 Å². The van der Waals surface area contributed by atoms with Crippen molar-refractivity contribution < 1.29 is 4.74 Å². The van der Waals surface area contributed by atoms with Crippen molar-refractivity contribution in [2.75, 3.05) is 26.7 Å². The van der Waals surface area contributed by atoms with Crippen LogP contribution in [0.2, 0.25) is 0 Å². The van der Waals surface area contributed by atoms with E-state index in [4.69, 9.17) is 10.5 Å². The van der Waals surface area contributed by atoms with E-state index in [9.17, 15) is 0 Å². The van der Waals surface area contributed by atoms with Crippen molar-refractivity contribution in [3.05, 3.63) is 42.5 Å². The van der Waals surface area contributed by atoms with Gasteiger partial charge in [0.2, 0.25) is 0 Å². The highest BCUT2D eigenvalue weighted by molar-refractivity contribution is 5.34. The molecule has 0 aliphatic carbocycles. The maximum atomic E-state index is 6.64. The molecule has 0 radical (unpaired) electrons. The number of nitrogens with two attached hydrogens (primary N) is 1. The van der Waals surface area contributed by atoms with Gasteiger partial charge in [0.15, 0.2) is 0 Å². The molecule has 0 aliphatic rings. The Bertz CT molecular complexity index is 401. The Hall–Kier alpha value is -1.32. The van der Waals surface area contributed by atoms with Crippen LogP contribution in [0, 0.1) is 0 Å². The van der Waals surface area contributed by atoms with Crippen LogP contribution in [0.3, 0.4) is 0 Å². The van der Waals surface area contributed by atoms with Gasteiger partial charge in [0.1, 0.15) is 5.75 Å². The molecule has 0 spiro atoms. The van der Waals surface area contributed by atoms with E-state index in [1.54, 1.807) is 7.11 Å². The van der Waals surface area contributed by atoms with Gasteiger partial charge in [-0.05, 0) is 37.2 Å². The third kappa shape index (κ3) is 4.08. The molecule has 106 valence electrons. The lowest BCUT2D eigenvalue weighted by molar-refractivity contribution is 0.226. The minimum absolute atomic E-state index is 0.414. The molecule has 0 aliphatic heterocycles. The number of methoxy groups -OCH3 is 1. The summed E-state index contributed by atoms with van der Waals surface area (Å²) in [7, 11) is 1.68. The number of ether oxygens (including phenoxy) is 1. The molecule has 1 unspecified atom stereocenters. The second-order valence-corrected chi connectivity index (χ2v) is 4.84. The zero-order chi connectivity index (χ0) is 14.3. The number of hydrogen-bond donors (Lipinski definition) is 1. The molecule has 0 saturated heterocycles. The Labute approximate surface area is 117 Å². The van der Waals surface area contributed by atoms with E-state index in [0.717, 1.165) is 37.4 Å². The lowest BCUT2D eigenvalue weighted by atomic mass is 9.86. The van der Waals surface area contributed by atoms with Crippen molar-refractivity contribution in [3.63, 3.8) is 0 Å². The maximum absolute atomic E-state index is 6.64. The lowest BCUT2D eigenvalue weighted by Gasteiger charge is -2.34. The van der Waals surface area contributed by atoms with E-state index >= 15 is 0 Å². The standard InChI is InChI=1S/C16H26N2O/c1-5-11-16(17,13-18(6-2)7-3)14-9-8-10-15(12-14)19-4/h5,8-10,12H,1,6-7,11,13,17H2,2-4H3. The topological polar surface area (TPSA) is 38.5 Å². The van der Waals surface area contributed by atoms with Crippen LogP contribution in [0.5, 0.6) is 5.75 Å². The van der Waals surface area contributed by atoms with Crippen LogP contribution in [-0.4, -0.2) is 31.6 Å². The fraction of sp³-hybridized carbons (Fsp3) is 0.500. The first-order valence-electron chi connectivity index (χ1n) is 6.86. The highest BCUT2D eigenvalue weighted by atomic mass is 16.5. The molecule has 19 heavy (non-hydrogen) atoms. The van der Waals surface area contributed by atoms with Gasteiger partial charge in [0.25, 0.3) is 0 Å². The average Bonchev–Trinajstić information content (AvgIpc) is 2.45. The Morgan fingerprint density at radius 3 is 2.58 bits per heavy atom. The number of hydrogen-bond acceptors (Lipinski definition) is 3. The van der Waals surface area contributed by atoms with Crippen LogP contribution < -0.4 is 10.5 Å². The summed E-state index contributed by atoms with van der Waals surface area (Å²) in [6.45, 7) is 11.0. The second kappa shape index (κ2) is 7.31. The van der Waals surface area contributed by atoms with Gasteiger partial charge in [0.05, 0.1) is 12.6 Å². The second-order valence-electron chi connectivity index (χ2n) is 4.84. The Morgan fingerprint density at radius 2 is 2.05 bits per heavy atom. The quantitative estimate of drug-likeness (QED) is 0.732. The summed E-state index contributed by atoms with van der Waals surface area (Å²) < 4.78 is 5.29. The van der Waals surface area contributed by atoms with Gasteiger partial charge in [-0.2, -0.15) is 0 Å². The summed E-state index contributed by atoms with van der Waals surface area (Å²) in [5.74, 6) is 0.843. The molecule has 0 amide bonds. The summed E-state index contributed by atoms with van der Waals surface area (Å²) in [5, 5.41) is 0. The maximum Gasteiger partial charge on any atom is 0.119 e. The molecule has 0 saturated carbocycles. The molecule has 1 aromatic carbocycles. The van der Waals surface area contributed by atoms with E-state index in [1.165, 1.54) is 0 Å². The lowest BCUT2D eigenvalue weighted by Crippen LogP contribution is -2.47. The zero-order valence-electron chi connectivity index (χ0n) is 12.4. The normalized spacial score (nSPS) is 14.2. The van der Waals surface area contributed by atoms with Gasteiger partial charge >= 0.3 is 0 Å². The summed E-state index contributed by atoms with van der Waals surface area (Å²) in [5.41, 5.74) is 7.32. The Morgan fingerprint density at radius 1 is 1.37 bits per heavy atom. The van der Waals surface area contributed by atoms with Crippen LogP contribution in [0.4, 0.5) is 0 Å². The SMILES string of the molecule is C=CCC(N)(CN(CC)CC)c1cccc(OC)c1. The monoisotopic (exact) mass is 262 g/mol. The molecule has 3 nitrogen and oxygen atoms in total. The predicted octanol–water partition coefficient (Wildman–Crippen LogP) is 2.77. The molecule has 0 heterocycles. The fourth-order valence-electron chi connectivity index (χ4n) is 2.31. The van der Waals surface area contributed by atoms with Crippen LogP contribution in [0.25, 0.3) is 0 Å². The molecule has 0 bridgehead atoms. The van der Waals surface area contributed by atoms with Crippen molar-refractivity contribution in [2.45, 2.75) is 25.8 Å². The molecule has 3 heteroatoms. The van der Waals surface area contributed by atoms with Gasteiger partial charge in [0, 0.05) is 6.54 Å². The molecular formula is C16H26N2O. The van der Waals surface area contributed by atoms with Gasteiger partial charge in [-0.15, -0.1) is 6.58 Å². The number of likely N-dealkylation sites (N-methyl/N-ethyl adjacent to an activating group) is 1. The van der Waals surface area contributed by atoms with Crippen molar-refractivity contribution in [3.8, 4) is 5.75 Å². The van der Waals surface area contributed by atoms with Gasteiger partial charge in [-0.3, -0.25) is 0 Å². The van der Waals surface area contributed by atoms with E-state index in [2.05, 4.69) is 31.4 Å². The Balaban J connectivity index is 3.05. The van der Waals surface area contributed by atoms with Gasteiger partial charge in [-0.25, -0.2) is 0 Å². The largest absolute Gasteiger partial charge is 0.497 e. The summed E-state index contributed by atoms with van der Waals surface area (Å²) in [4.78, 5) is 2.34. The third-order valence-corrected chi connectivity index (χ3v) is 3.55. The van der Waals surface area contributed by atoms with Crippen LogP contribution in [-0.2, 0) is 5.54 Å². The van der Waals surface area contributed by atoms with Crippen molar-refractivity contribution in [1.29, 1.82) is 0 Å². The van der Waals surface area contributed by atoms with Crippen LogP contribution >= 0.6 is 0 Å². The third-order valence-electron chi connectivity index (χ3n) is 3.55. The van der Waals surface area contributed by atoms with Crippen molar-refractivity contribution in [1.82, 2.24) is 4.90 Å². The number of benzene rings is 1. The van der Waals surface area contributed by atoms with Gasteiger partial charge < -0.3 is 15.4 Å². The fourth-order valence-corrected chi connectivity index (χ4v) is 2.31. The average molecular weight is 262 g/mol.